The molecule has 1 aromatic heterocycles. The molecular formula is C20H21FN4O4S. The lowest BCUT2D eigenvalue weighted by Crippen LogP contribution is -2.64. The molecule has 158 valence electrons. The number of anilines is 1. The van der Waals surface area contributed by atoms with Crippen LogP contribution in [-0.2, 0) is 10.0 Å². The van der Waals surface area contributed by atoms with Crippen molar-refractivity contribution < 1.29 is 17.2 Å². The van der Waals surface area contributed by atoms with E-state index in [2.05, 4.69) is 14.8 Å². The number of hydrogen-bond donors (Lipinski definition) is 1. The van der Waals surface area contributed by atoms with Gasteiger partial charge in [0.1, 0.15) is 5.82 Å². The summed E-state index contributed by atoms with van der Waals surface area (Å²) in [4.78, 5) is 18.4. The number of H-pyrrole nitrogens is 1. The maximum absolute atomic E-state index is 13.1. The monoisotopic (exact) mass is 432 g/mol. The Hall–Kier alpha value is -2.69. The molecule has 0 atom stereocenters. The van der Waals surface area contributed by atoms with Gasteiger partial charge < -0.3 is 9.32 Å². The number of oxazole rings is 1. The highest BCUT2D eigenvalue weighted by atomic mass is 32.2. The van der Waals surface area contributed by atoms with Gasteiger partial charge in [-0.2, -0.15) is 4.31 Å². The van der Waals surface area contributed by atoms with Gasteiger partial charge in [0.2, 0.25) is 10.0 Å². The number of fused-ring (bicyclic) bond motifs is 1. The fourth-order valence-electron chi connectivity index (χ4n) is 4.08. The Morgan fingerprint density at radius 2 is 1.70 bits per heavy atom. The summed E-state index contributed by atoms with van der Waals surface area (Å²) in [6, 6.07) is 11.1. The van der Waals surface area contributed by atoms with Gasteiger partial charge in [-0.15, -0.1) is 0 Å². The maximum Gasteiger partial charge on any atom is 0.417 e. The van der Waals surface area contributed by atoms with Crippen LogP contribution in [0.15, 0.2) is 56.6 Å². The minimum absolute atomic E-state index is 0.145. The first-order chi connectivity index (χ1) is 14.4. The summed E-state index contributed by atoms with van der Waals surface area (Å²) < 4.78 is 45.3. The second-order valence-electron chi connectivity index (χ2n) is 7.65. The lowest BCUT2D eigenvalue weighted by molar-refractivity contribution is 0.0828. The minimum Gasteiger partial charge on any atom is -0.408 e. The molecule has 0 unspecified atom stereocenters. The average Bonchev–Trinajstić information content (AvgIpc) is 3.07. The molecule has 2 aliphatic heterocycles. The molecule has 2 fully saturated rings. The molecule has 30 heavy (non-hydrogen) atoms. The molecule has 0 aliphatic carbocycles. The topological polar surface area (TPSA) is 89.9 Å². The van der Waals surface area contributed by atoms with E-state index < -0.39 is 15.8 Å². The van der Waals surface area contributed by atoms with Crippen molar-refractivity contribution in [2.75, 3.05) is 44.2 Å². The Morgan fingerprint density at radius 1 is 1.00 bits per heavy atom. The molecule has 0 bridgehead atoms. The molecule has 1 N–H and O–H groups in total. The zero-order chi connectivity index (χ0) is 20.9. The quantitative estimate of drug-likeness (QED) is 0.671. The van der Waals surface area contributed by atoms with Crippen molar-refractivity contribution in [3.63, 3.8) is 0 Å². The second kappa shape index (κ2) is 7.22. The molecule has 0 amide bonds. The number of rotatable bonds is 4. The number of nitrogens with zero attached hydrogens (tertiary/aromatic N) is 3. The molecule has 0 radical (unpaired) electrons. The number of nitrogens with one attached hydrogen (secondary N) is 1. The zero-order valence-electron chi connectivity index (χ0n) is 16.1. The van der Waals surface area contributed by atoms with E-state index in [9.17, 15) is 17.6 Å². The van der Waals surface area contributed by atoms with Gasteiger partial charge in [0, 0.05) is 51.0 Å². The largest absolute Gasteiger partial charge is 0.417 e. The summed E-state index contributed by atoms with van der Waals surface area (Å²) in [5.74, 6) is -0.852. The van der Waals surface area contributed by atoms with Gasteiger partial charge in [0.15, 0.2) is 5.58 Å². The molecule has 2 aromatic carbocycles. The number of benzene rings is 2. The van der Waals surface area contributed by atoms with Crippen molar-refractivity contribution >= 4 is 26.8 Å². The molecule has 2 aliphatic rings. The summed E-state index contributed by atoms with van der Waals surface area (Å²) >= 11 is 0. The number of hydrogen-bond acceptors (Lipinski definition) is 6. The normalized spacial score (nSPS) is 19.3. The highest BCUT2D eigenvalue weighted by molar-refractivity contribution is 7.89. The van der Waals surface area contributed by atoms with Gasteiger partial charge in [-0.1, -0.05) is 0 Å². The highest BCUT2D eigenvalue weighted by Crippen LogP contribution is 2.27. The average molecular weight is 432 g/mol. The van der Waals surface area contributed by atoms with Crippen molar-refractivity contribution in [3.8, 4) is 0 Å². The third kappa shape index (κ3) is 3.40. The second-order valence-corrected chi connectivity index (χ2v) is 9.59. The van der Waals surface area contributed by atoms with Crippen LogP contribution in [-0.4, -0.2) is 67.9 Å². The van der Waals surface area contributed by atoms with Gasteiger partial charge in [-0.25, -0.2) is 17.6 Å². The Kier molecular flexibility index (Phi) is 4.64. The van der Waals surface area contributed by atoms with E-state index in [1.807, 2.05) is 0 Å². The van der Waals surface area contributed by atoms with E-state index in [-0.39, 0.29) is 16.8 Å². The van der Waals surface area contributed by atoms with Crippen molar-refractivity contribution in [1.29, 1.82) is 0 Å². The lowest BCUT2D eigenvalue weighted by Gasteiger charge is -2.47. The SMILES string of the molecule is O=c1[nH]c2cc(S(=O)(=O)N3CC(N4CCN(c5ccc(F)cc5)CC4)C3)ccc2o1. The Morgan fingerprint density at radius 3 is 2.40 bits per heavy atom. The minimum atomic E-state index is -3.62. The Bertz CT molecular complexity index is 1220. The first-order valence-electron chi connectivity index (χ1n) is 9.78. The van der Waals surface area contributed by atoms with E-state index in [0.717, 1.165) is 31.9 Å². The predicted octanol–water partition coefficient (Wildman–Crippen LogP) is 1.46. The summed E-state index contributed by atoms with van der Waals surface area (Å²) in [6.07, 6.45) is 0. The van der Waals surface area contributed by atoms with Crippen molar-refractivity contribution in [1.82, 2.24) is 14.2 Å². The summed E-state index contributed by atoms with van der Waals surface area (Å²) in [6.45, 7) is 4.19. The molecule has 8 nitrogen and oxygen atoms in total. The van der Waals surface area contributed by atoms with Crippen LogP contribution in [0, 0.1) is 5.82 Å². The van der Waals surface area contributed by atoms with E-state index in [1.54, 1.807) is 12.1 Å². The summed E-state index contributed by atoms with van der Waals surface area (Å²) in [5, 5.41) is 0. The van der Waals surface area contributed by atoms with Crippen molar-refractivity contribution in [2.45, 2.75) is 10.9 Å². The molecule has 0 spiro atoms. The zero-order valence-corrected chi connectivity index (χ0v) is 16.9. The van der Waals surface area contributed by atoms with Crippen LogP contribution in [0.25, 0.3) is 11.1 Å². The number of aromatic nitrogens is 1. The number of piperazine rings is 1. The lowest BCUT2D eigenvalue weighted by atomic mass is 10.1. The molecule has 3 heterocycles. The fourth-order valence-corrected chi connectivity index (χ4v) is 5.62. The Balaban J connectivity index is 1.20. The maximum atomic E-state index is 13.1. The molecule has 10 heteroatoms. The van der Waals surface area contributed by atoms with E-state index in [1.165, 1.54) is 34.6 Å². The smallest absolute Gasteiger partial charge is 0.408 e. The fraction of sp³-hybridized carbons (Fsp3) is 0.350. The molecule has 3 aromatic rings. The van der Waals surface area contributed by atoms with Crippen LogP contribution in [0.2, 0.25) is 0 Å². The third-order valence-electron chi connectivity index (χ3n) is 5.88. The molecular weight excluding hydrogens is 411 g/mol. The van der Waals surface area contributed by atoms with Gasteiger partial charge in [0.05, 0.1) is 10.4 Å². The highest BCUT2D eigenvalue weighted by Gasteiger charge is 2.40. The summed E-state index contributed by atoms with van der Waals surface area (Å²) in [5.41, 5.74) is 1.70. The standard InChI is InChI=1S/C20H21FN4O4S/c21-14-1-3-15(4-2-14)23-7-9-24(10-8-23)16-12-25(13-16)30(27,28)17-5-6-19-18(11-17)22-20(26)29-19/h1-6,11,16H,7-10,12-13H2,(H,22,26). The third-order valence-corrected chi connectivity index (χ3v) is 7.71. The van der Waals surface area contributed by atoms with Crippen LogP contribution in [0.1, 0.15) is 0 Å². The number of halogens is 1. The first kappa shape index (κ1) is 19.3. The first-order valence-corrected chi connectivity index (χ1v) is 11.2. The van der Waals surface area contributed by atoms with E-state index >= 15 is 0 Å². The van der Waals surface area contributed by atoms with E-state index in [4.69, 9.17) is 4.42 Å². The predicted molar refractivity (Wildman–Crippen MR) is 110 cm³/mol. The van der Waals surface area contributed by atoms with E-state index in [0.29, 0.717) is 24.2 Å². The van der Waals surface area contributed by atoms with Gasteiger partial charge in [0.25, 0.3) is 0 Å². The Labute approximate surface area is 172 Å². The number of sulfonamides is 1. The van der Waals surface area contributed by atoms with Crippen molar-refractivity contribution in [3.05, 3.63) is 58.8 Å². The number of aromatic amines is 1. The van der Waals surface area contributed by atoms with Crippen molar-refractivity contribution in [2.24, 2.45) is 0 Å². The van der Waals surface area contributed by atoms with Crippen LogP contribution in [0.5, 0.6) is 0 Å². The van der Waals surface area contributed by atoms with Crippen LogP contribution in [0.3, 0.4) is 0 Å². The van der Waals surface area contributed by atoms with Gasteiger partial charge >= 0.3 is 5.76 Å². The van der Waals surface area contributed by atoms with Gasteiger partial charge in [-0.05, 0) is 42.5 Å². The molecule has 2 saturated heterocycles. The van der Waals surface area contributed by atoms with Crippen LogP contribution < -0.4 is 10.7 Å². The molecule has 5 rings (SSSR count). The molecule has 0 saturated carbocycles. The van der Waals surface area contributed by atoms with Crippen LogP contribution >= 0.6 is 0 Å². The van der Waals surface area contributed by atoms with Gasteiger partial charge in [-0.3, -0.25) is 9.88 Å². The summed E-state index contributed by atoms with van der Waals surface area (Å²) in [7, 11) is -3.62. The van der Waals surface area contributed by atoms with Crippen LogP contribution in [0.4, 0.5) is 10.1 Å².